The number of para-hydroxylation sites is 1. The number of hydrogen-bond acceptors (Lipinski definition) is 9. The highest BCUT2D eigenvalue weighted by Gasteiger charge is 2.09. The average molecular weight is 358 g/mol. The molecule has 0 atom stereocenters. The Labute approximate surface area is 149 Å². The van der Waals surface area contributed by atoms with Crippen LogP contribution in [-0.4, -0.2) is 42.2 Å². The summed E-state index contributed by atoms with van der Waals surface area (Å²) in [5.74, 6) is -0.554. The highest BCUT2D eigenvalue weighted by atomic mass is 16.5. The molecule has 1 aromatic heterocycles. The lowest BCUT2D eigenvalue weighted by molar-refractivity contribution is -0.137. The van der Waals surface area contributed by atoms with E-state index >= 15 is 0 Å². The van der Waals surface area contributed by atoms with Crippen molar-refractivity contribution in [3.63, 3.8) is 0 Å². The predicted molar refractivity (Wildman–Crippen MR) is 94.5 cm³/mol. The zero-order chi connectivity index (χ0) is 18.9. The first kappa shape index (κ1) is 19.0. The van der Waals surface area contributed by atoms with Crippen molar-refractivity contribution < 1.29 is 19.4 Å². The molecule has 0 aliphatic rings. The van der Waals surface area contributed by atoms with Gasteiger partial charge in [-0.1, -0.05) is 12.1 Å². The van der Waals surface area contributed by atoms with E-state index < -0.39 is 12.6 Å². The quantitative estimate of drug-likeness (QED) is 0.329. The molecule has 1 amide bonds. The summed E-state index contributed by atoms with van der Waals surface area (Å²) in [6.45, 7) is -0.602. The van der Waals surface area contributed by atoms with Crippen molar-refractivity contribution in [2.75, 3.05) is 31.2 Å². The largest absolute Gasteiger partial charge is 0.422 e. The van der Waals surface area contributed by atoms with Crippen LogP contribution in [0.25, 0.3) is 0 Å². The van der Waals surface area contributed by atoms with Crippen molar-refractivity contribution in [2.45, 2.75) is 0 Å². The number of amides is 1. The third-order valence-corrected chi connectivity index (χ3v) is 2.99. The molecule has 0 saturated heterocycles. The van der Waals surface area contributed by atoms with Crippen molar-refractivity contribution in [3.05, 3.63) is 36.4 Å². The molecule has 0 fully saturated rings. The predicted octanol–water partition coefficient (Wildman–Crippen LogP) is 1.13. The Kier molecular flexibility index (Phi) is 6.71. The van der Waals surface area contributed by atoms with E-state index in [1.807, 2.05) is 0 Å². The first-order chi connectivity index (χ1) is 12.5. The van der Waals surface area contributed by atoms with Crippen LogP contribution in [0.4, 0.5) is 23.0 Å². The number of aromatic nitrogens is 1. The molecule has 0 unspecified atom stereocenters. The number of pyridine rings is 1. The van der Waals surface area contributed by atoms with E-state index in [1.54, 1.807) is 31.3 Å². The standard InChI is InChI=1S/C16H18N6O4/c1-18-8-14(24)19-13-7-6-11(16(17)20-13)22-21-10-4-2-3-5-12(10)26-15(25)9-23/h2-7,18,23H,8-9H2,1H3,(H3,17,19,20,24). The lowest BCUT2D eigenvalue weighted by atomic mass is 10.3. The number of aliphatic hydroxyl groups excluding tert-OH is 1. The summed E-state index contributed by atoms with van der Waals surface area (Å²) in [6.07, 6.45) is 0. The Morgan fingerprint density at radius 3 is 2.62 bits per heavy atom. The van der Waals surface area contributed by atoms with Gasteiger partial charge in [-0.3, -0.25) is 4.79 Å². The fourth-order valence-electron chi connectivity index (χ4n) is 1.86. The maximum Gasteiger partial charge on any atom is 0.337 e. The molecule has 0 aliphatic heterocycles. The molecular weight excluding hydrogens is 340 g/mol. The number of anilines is 2. The number of azo groups is 1. The number of aliphatic hydroxyl groups is 1. The van der Waals surface area contributed by atoms with Gasteiger partial charge in [0.05, 0.1) is 6.54 Å². The van der Waals surface area contributed by atoms with Gasteiger partial charge >= 0.3 is 5.97 Å². The monoisotopic (exact) mass is 358 g/mol. The number of nitrogens with one attached hydrogen (secondary N) is 2. The average Bonchev–Trinajstić information content (AvgIpc) is 2.62. The van der Waals surface area contributed by atoms with Crippen LogP contribution in [0.5, 0.6) is 5.75 Å². The van der Waals surface area contributed by atoms with Crippen molar-refractivity contribution in [1.29, 1.82) is 0 Å². The van der Waals surface area contributed by atoms with E-state index in [1.165, 1.54) is 12.1 Å². The minimum atomic E-state index is -0.810. The highest BCUT2D eigenvalue weighted by Crippen LogP contribution is 2.30. The van der Waals surface area contributed by atoms with E-state index in [-0.39, 0.29) is 35.4 Å². The van der Waals surface area contributed by atoms with E-state index in [0.29, 0.717) is 5.82 Å². The molecule has 136 valence electrons. The first-order valence-corrected chi connectivity index (χ1v) is 7.56. The summed E-state index contributed by atoms with van der Waals surface area (Å²) in [4.78, 5) is 26.8. The smallest absolute Gasteiger partial charge is 0.337 e. The normalized spacial score (nSPS) is 10.7. The molecule has 0 bridgehead atoms. The SMILES string of the molecule is CNCC(=O)Nc1ccc(N=Nc2ccccc2OC(=O)CO)c(N)n1. The molecule has 0 spiro atoms. The minimum absolute atomic E-state index is 0.0702. The van der Waals surface area contributed by atoms with E-state index in [0.717, 1.165) is 0 Å². The van der Waals surface area contributed by atoms with Crippen molar-refractivity contribution in [3.8, 4) is 5.75 Å². The van der Waals surface area contributed by atoms with Gasteiger partial charge in [-0.05, 0) is 31.3 Å². The Morgan fingerprint density at radius 2 is 1.92 bits per heavy atom. The fraction of sp³-hybridized carbons (Fsp3) is 0.188. The topological polar surface area (TPSA) is 151 Å². The van der Waals surface area contributed by atoms with Crippen LogP contribution in [0.2, 0.25) is 0 Å². The number of nitrogen functional groups attached to an aromatic ring is 1. The molecule has 2 rings (SSSR count). The Hall–Kier alpha value is -3.37. The second-order valence-corrected chi connectivity index (χ2v) is 4.98. The van der Waals surface area contributed by atoms with Gasteiger partial charge in [0.15, 0.2) is 11.6 Å². The number of nitrogens with zero attached hydrogens (tertiary/aromatic N) is 3. The highest BCUT2D eigenvalue weighted by molar-refractivity contribution is 5.91. The molecule has 2 aromatic rings. The fourth-order valence-corrected chi connectivity index (χ4v) is 1.86. The Morgan fingerprint density at radius 1 is 1.19 bits per heavy atom. The second kappa shape index (κ2) is 9.20. The van der Waals surface area contributed by atoms with Crippen LogP contribution in [0, 0.1) is 0 Å². The third-order valence-electron chi connectivity index (χ3n) is 2.99. The maximum atomic E-state index is 11.5. The van der Waals surface area contributed by atoms with Gasteiger partial charge in [0.1, 0.15) is 23.8 Å². The zero-order valence-corrected chi connectivity index (χ0v) is 14.0. The number of ether oxygens (including phenoxy) is 1. The Balaban J connectivity index is 2.16. The summed E-state index contributed by atoms with van der Waals surface area (Å²) in [7, 11) is 1.65. The van der Waals surface area contributed by atoms with Crippen LogP contribution in [0.1, 0.15) is 0 Å². The molecule has 5 N–H and O–H groups in total. The number of hydrogen-bond donors (Lipinski definition) is 4. The number of carbonyl (C=O) groups excluding carboxylic acids is 2. The lowest BCUT2D eigenvalue weighted by Gasteiger charge is -2.06. The van der Waals surface area contributed by atoms with Gasteiger partial charge in [-0.15, -0.1) is 10.2 Å². The van der Waals surface area contributed by atoms with Crippen molar-refractivity contribution in [1.82, 2.24) is 10.3 Å². The minimum Gasteiger partial charge on any atom is -0.422 e. The van der Waals surface area contributed by atoms with Crippen LogP contribution < -0.4 is 21.1 Å². The lowest BCUT2D eigenvalue weighted by Crippen LogP contribution is -2.25. The maximum absolute atomic E-state index is 11.5. The van der Waals surface area contributed by atoms with Gasteiger partial charge in [-0.2, -0.15) is 0 Å². The molecule has 26 heavy (non-hydrogen) atoms. The zero-order valence-electron chi connectivity index (χ0n) is 14.0. The number of carbonyl (C=O) groups is 2. The molecule has 0 radical (unpaired) electrons. The molecule has 0 saturated carbocycles. The molecule has 1 heterocycles. The Bertz CT molecular complexity index is 824. The summed E-state index contributed by atoms with van der Waals surface area (Å²) in [5, 5.41) is 22.0. The molecular formula is C16H18N6O4. The molecule has 1 aromatic carbocycles. The van der Waals surface area contributed by atoms with Crippen molar-refractivity contribution >= 4 is 34.9 Å². The number of nitrogens with two attached hydrogens (primary N) is 1. The van der Waals surface area contributed by atoms with Gasteiger partial charge in [0, 0.05) is 0 Å². The number of likely N-dealkylation sites (N-methyl/N-ethyl adjacent to an activating group) is 1. The molecule has 10 heteroatoms. The van der Waals surface area contributed by atoms with Crippen molar-refractivity contribution in [2.24, 2.45) is 10.2 Å². The molecule has 10 nitrogen and oxygen atoms in total. The number of benzene rings is 1. The van der Waals surface area contributed by atoms with Crippen LogP contribution >= 0.6 is 0 Å². The van der Waals surface area contributed by atoms with Crippen LogP contribution in [0.3, 0.4) is 0 Å². The molecule has 0 aliphatic carbocycles. The van der Waals surface area contributed by atoms with Gasteiger partial charge in [-0.25, -0.2) is 9.78 Å². The second-order valence-electron chi connectivity index (χ2n) is 4.98. The summed E-state index contributed by atoms with van der Waals surface area (Å²) >= 11 is 0. The van der Waals surface area contributed by atoms with E-state index in [4.69, 9.17) is 15.6 Å². The first-order valence-electron chi connectivity index (χ1n) is 7.56. The summed E-state index contributed by atoms with van der Waals surface area (Å²) in [6, 6.07) is 9.52. The van der Waals surface area contributed by atoms with Crippen LogP contribution in [-0.2, 0) is 9.59 Å². The van der Waals surface area contributed by atoms with E-state index in [2.05, 4.69) is 25.8 Å². The van der Waals surface area contributed by atoms with Gasteiger partial charge in [0.25, 0.3) is 0 Å². The summed E-state index contributed by atoms with van der Waals surface area (Å²) < 4.78 is 4.96. The van der Waals surface area contributed by atoms with Gasteiger partial charge < -0.3 is 26.2 Å². The van der Waals surface area contributed by atoms with Gasteiger partial charge in [0.2, 0.25) is 5.91 Å². The number of esters is 1. The van der Waals surface area contributed by atoms with Crippen LogP contribution in [0.15, 0.2) is 46.6 Å². The number of rotatable bonds is 7. The van der Waals surface area contributed by atoms with E-state index in [9.17, 15) is 9.59 Å². The summed E-state index contributed by atoms with van der Waals surface area (Å²) in [5.41, 5.74) is 6.38. The third kappa shape index (κ3) is 5.33.